The predicted molar refractivity (Wildman–Crippen MR) is 115 cm³/mol. The van der Waals surface area contributed by atoms with Crippen molar-refractivity contribution in [1.82, 2.24) is 18.5 Å². The van der Waals surface area contributed by atoms with E-state index in [0.29, 0.717) is 41.6 Å². The van der Waals surface area contributed by atoms with Crippen LogP contribution in [0.3, 0.4) is 0 Å². The fourth-order valence-electron chi connectivity index (χ4n) is 3.90. The predicted octanol–water partition coefficient (Wildman–Crippen LogP) is 2.84. The normalized spacial score (nSPS) is 13.9. The Morgan fingerprint density at radius 3 is 2.47 bits per heavy atom. The Hall–Kier alpha value is -3.35. The molecule has 3 aromatic heterocycles. The number of rotatable bonds is 6. The van der Waals surface area contributed by atoms with Crippen molar-refractivity contribution in [1.29, 1.82) is 0 Å². The summed E-state index contributed by atoms with van der Waals surface area (Å²) >= 11 is 0. The summed E-state index contributed by atoms with van der Waals surface area (Å²) in [6.45, 7) is 2.94. The summed E-state index contributed by atoms with van der Waals surface area (Å²) in [4.78, 5) is 31.3. The maximum absolute atomic E-state index is 13.3. The van der Waals surface area contributed by atoms with E-state index < -0.39 is 0 Å². The van der Waals surface area contributed by atoms with Crippen molar-refractivity contribution < 1.29 is 4.74 Å². The van der Waals surface area contributed by atoms with Gasteiger partial charge in [-0.05, 0) is 42.4 Å². The zero-order valence-electron chi connectivity index (χ0n) is 17.2. The molecule has 5 rings (SSSR count). The molecule has 4 aromatic rings. The van der Waals surface area contributed by atoms with Crippen molar-refractivity contribution in [3.63, 3.8) is 0 Å². The van der Waals surface area contributed by atoms with E-state index in [-0.39, 0.29) is 11.2 Å². The quantitative estimate of drug-likeness (QED) is 0.496. The molecule has 1 aliphatic rings. The van der Waals surface area contributed by atoms with Gasteiger partial charge in [0, 0.05) is 18.8 Å². The molecule has 30 heavy (non-hydrogen) atoms. The first-order valence-corrected chi connectivity index (χ1v) is 10.4. The number of nitrogens with zero attached hydrogens (tertiary/aromatic N) is 4. The summed E-state index contributed by atoms with van der Waals surface area (Å²) in [5.74, 6) is 1.06. The molecule has 0 radical (unpaired) electrons. The van der Waals surface area contributed by atoms with E-state index in [9.17, 15) is 9.59 Å². The molecule has 7 heteroatoms. The van der Waals surface area contributed by atoms with E-state index in [4.69, 9.17) is 4.74 Å². The molecule has 3 heterocycles. The summed E-state index contributed by atoms with van der Waals surface area (Å²) in [6.07, 6.45) is 4.86. The van der Waals surface area contributed by atoms with Gasteiger partial charge in [0.25, 0.3) is 5.56 Å². The minimum Gasteiger partial charge on any atom is -0.497 e. The number of aromatic nitrogens is 4. The highest BCUT2D eigenvalue weighted by atomic mass is 16.5. The van der Waals surface area contributed by atoms with E-state index in [1.165, 1.54) is 10.1 Å². The topological polar surface area (TPSA) is 70.5 Å². The minimum absolute atomic E-state index is 0.280. The highest BCUT2D eigenvalue weighted by molar-refractivity contribution is 5.77. The second-order valence-corrected chi connectivity index (χ2v) is 7.98. The van der Waals surface area contributed by atoms with Gasteiger partial charge in [0.2, 0.25) is 0 Å². The fourth-order valence-corrected chi connectivity index (χ4v) is 3.90. The van der Waals surface area contributed by atoms with Crippen molar-refractivity contribution in [2.24, 2.45) is 5.92 Å². The first kappa shape index (κ1) is 18.7. The van der Waals surface area contributed by atoms with E-state index >= 15 is 0 Å². The van der Waals surface area contributed by atoms with Gasteiger partial charge >= 0.3 is 5.69 Å². The number of pyridine rings is 1. The second kappa shape index (κ2) is 7.16. The summed E-state index contributed by atoms with van der Waals surface area (Å²) in [6, 6.07) is 11.8. The van der Waals surface area contributed by atoms with Crippen LogP contribution >= 0.6 is 0 Å². The van der Waals surface area contributed by atoms with Gasteiger partial charge in [0.1, 0.15) is 11.4 Å². The van der Waals surface area contributed by atoms with Gasteiger partial charge < -0.3 is 4.74 Å². The van der Waals surface area contributed by atoms with E-state index in [0.717, 1.165) is 24.8 Å². The number of imidazole rings is 1. The number of benzene rings is 1. The molecule has 7 nitrogen and oxygen atoms in total. The van der Waals surface area contributed by atoms with Gasteiger partial charge in [0.15, 0.2) is 11.2 Å². The molecule has 0 bridgehead atoms. The molecule has 154 valence electrons. The average Bonchev–Trinajstić information content (AvgIpc) is 3.51. The van der Waals surface area contributed by atoms with Crippen LogP contribution in [0.15, 0.2) is 52.2 Å². The molecule has 1 fully saturated rings. The number of hydrogen-bond donors (Lipinski definition) is 0. The monoisotopic (exact) mass is 404 g/mol. The molecule has 0 amide bonds. The third kappa shape index (κ3) is 3.10. The fraction of sp³-hybridized carbons (Fsp3) is 0.348. The number of hydrogen-bond acceptors (Lipinski definition) is 4. The number of methoxy groups -OCH3 is 1. The number of fused-ring (bicyclic) bond motifs is 3. The van der Waals surface area contributed by atoms with Crippen molar-refractivity contribution in [3.05, 3.63) is 74.6 Å². The highest BCUT2D eigenvalue weighted by Crippen LogP contribution is 2.30. The number of ether oxygens (including phenoxy) is 1. The molecule has 0 unspecified atom stereocenters. The Morgan fingerprint density at radius 1 is 1.07 bits per heavy atom. The Bertz CT molecular complexity index is 1360. The Labute approximate surface area is 173 Å². The van der Waals surface area contributed by atoms with Crippen molar-refractivity contribution in [2.75, 3.05) is 7.11 Å². The SMILES string of the molecule is CCc1ccc(Cn2c(=O)n(CC3CC3)c(=O)c3c2nc2cc(OC)ccn23)cc1. The van der Waals surface area contributed by atoms with Gasteiger partial charge in [0.05, 0.1) is 13.7 Å². The molecule has 0 saturated heterocycles. The van der Waals surface area contributed by atoms with Gasteiger partial charge in [-0.1, -0.05) is 31.2 Å². The smallest absolute Gasteiger partial charge is 0.333 e. The van der Waals surface area contributed by atoms with Gasteiger partial charge in [-0.25, -0.2) is 9.78 Å². The molecule has 0 aliphatic heterocycles. The lowest BCUT2D eigenvalue weighted by Crippen LogP contribution is -2.41. The zero-order valence-corrected chi connectivity index (χ0v) is 17.2. The minimum atomic E-state index is -0.297. The molecule has 1 saturated carbocycles. The lowest BCUT2D eigenvalue weighted by molar-refractivity contribution is 0.414. The Balaban J connectivity index is 1.75. The second-order valence-electron chi connectivity index (χ2n) is 7.98. The summed E-state index contributed by atoms with van der Waals surface area (Å²) < 4.78 is 10.1. The largest absolute Gasteiger partial charge is 0.497 e. The van der Waals surface area contributed by atoms with Crippen LogP contribution in [0.5, 0.6) is 5.75 Å². The molecule has 0 spiro atoms. The molecular formula is C23H24N4O3. The lowest BCUT2D eigenvalue weighted by atomic mass is 10.1. The van der Waals surface area contributed by atoms with Crippen LogP contribution in [0.25, 0.3) is 16.8 Å². The highest BCUT2D eigenvalue weighted by Gasteiger charge is 2.26. The maximum atomic E-state index is 13.3. The van der Waals surface area contributed by atoms with Crippen molar-refractivity contribution in [2.45, 2.75) is 39.3 Å². The zero-order chi connectivity index (χ0) is 20.8. The third-order valence-electron chi connectivity index (χ3n) is 5.89. The first-order chi connectivity index (χ1) is 14.6. The van der Waals surface area contributed by atoms with Crippen molar-refractivity contribution >= 4 is 16.8 Å². The number of aryl methyl sites for hydroxylation is 1. The van der Waals surface area contributed by atoms with Crippen LogP contribution in [0.4, 0.5) is 0 Å². The van der Waals surface area contributed by atoms with Gasteiger partial charge in [-0.3, -0.25) is 18.3 Å². The van der Waals surface area contributed by atoms with Gasteiger partial charge in [-0.15, -0.1) is 0 Å². The van der Waals surface area contributed by atoms with Crippen LogP contribution in [0, 0.1) is 5.92 Å². The van der Waals surface area contributed by atoms with Crippen LogP contribution in [0.2, 0.25) is 0 Å². The average molecular weight is 404 g/mol. The van der Waals surface area contributed by atoms with Crippen LogP contribution < -0.4 is 16.0 Å². The van der Waals surface area contributed by atoms with E-state index in [2.05, 4.69) is 24.0 Å². The van der Waals surface area contributed by atoms with E-state index in [1.54, 1.807) is 34.4 Å². The lowest BCUT2D eigenvalue weighted by Gasteiger charge is -2.12. The van der Waals surface area contributed by atoms with Crippen LogP contribution in [-0.4, -0.2) is 25.6 Å². The van der Waals surface area contributed by atoms with Crippen LogP contribution in [-0.2, 0) is 19.5 Å². The molecular weight excluding hydrogens is 380 g/mol. The molecule has 0 N–H and O–H groups in total. The maximum Gasteiger partial charge on any atom is 0.333 e. The summed E-state index contributed by atoms with van der Waals surface area (Å²) in [5, 5.41) is 0. The molecule has 1 aromatic carbocycles. The summed E-state index contributed by atoms with van der Waals surface area (Å²) in [5.41, 5.74) is 3.09. The molecule has 1 aliphatic carbocycles. The van der Waals surface area contributed by atoms with Gasteiger partial charge in [-0.2, -0.15) is 0 Å². The third-order valence-corrected chi connectivity index (χ3v) is 5.89. The van der Waals surface area contributed by atoms with Crippen molar-refractivity contribution in [3.8, 4) is 5.75 Å². The standard InChI is InChI=1S/C23H24N4O3/c1-3-15-4-6-16(7-5-15)13-26-21-20(22(28)27(23(26)29)14-17-8-9-17)25-11-10-18(30-2)12-19(25)24-21/h4-7,10-12,17H,3,8-9,13-14H2,1-2H3. The summed E-state index contributed by atoms with van der Waals surface area (Å²) in [7, 11) is 1.59. The molecule has 0 atom stereocenters. The Morgan fingerprint density at radius 2 is 1.80 bits per heavy atom. The van der Waals surface area contributed by atoms with E-state index in [1.807, 2.05) is 12.1 Å². The first-order valence-electron chi connectivity index (χ1n) is 10.4. The Kier molecular flexibility index (Phi) is 4.46. The van der Waals surface area contributed by atoms with Crippen LogP contribution in [0.1, 0.15) is 30.9 Å².